The van der Waals surface area contributed by atoms with Gasteiger partial charge in [0.1, 0.15) is 0 Å². The molecule has 6 heteroatoms. The van der Waals surface area contributed by atoms with Crippen molar-refractivity contribution in [2.24, 2.45) is 5.92 Å². The minimum atomic E-state index is -3.28. The second-order valence-electron chi connectivity index (χ2n) is 6.72. The summed E-state index contributed by atoms with van der Waals surface area (Å²) in [5, 5.41) is 2.94. The molecule has 2 rings (SSSR count). The van der Waals surface area contributed by atoms with Gasteiger partial charge in [-0.1, -0.05) is 56.3 Å². The van der Waals surface area contributed by atoms with Crippen LogP contribution in [0, 0.1) is 5.92 Å². The molecule has 0 aromatic heterocycles. The zero-order chi connectivity index (χ0) is 19.2. The van der Waals surface area contributed by atoms with Gasteiger partial charge in [-0.15, -0.1) is 0 Å². The van der Waals surface area contributed by atoms with Gasteiger partial charge in [-0.25, -0.2) is 13.1 Å². The molecule has 0 unspecified atom stereocenters. The third-order valence-corrected chi connectivity index (χ3v) is 5.37. The second-order valence-corrected chi connectivity index (χ2v) is 8.64. The van der Waals surface area contributed by atoms with Gasteiger partial charge >= 0.3 is 0 Å². The minimum absolute atomic E-state index is 0.0568. The molecule has 0 fully saturated rings. The smallest absolute Gasteiger partial charge is 0.251 e. The Hall–Kier alpha value is -2.18. The zero-order valence-corrected chi connectivity index (χ0v) is 16.3. The van der Waals surface area contributed by atoms with Crippen LogP contribution in [0.1, 0.15) is 40.9 Å². The maximum absolute atomic E-state index is 12.5. The van der Waals surface area contributed by atoms with E-state index >= 15 is 0 Å². The van der Waals surface area contributed by atoms with Crippen LogP contribution >= 0.6 is 0 Å². The average Bonchev–Trinajstić information content (AvgIpc) is 2.60. The first kappa shape index (κ1) is 20.1. The molecule has 0 atom stereocenters. The van der Waals surface area contributed by atoms with Crippen molar-refractivity contribution in [2.75, 3.05) is 7.05 Å². The summed E-state index contributed by atoms with van der Waals surface area (Å²) in [5.74, 6) is 0.326. The molecule has 0 aliphatic heterocycles. The average molecular weight is 375 g/mol. The highest BCUT2D eigenvalue weighted by Gasteiger charge is 2.12. The quantitative estimate of drug-likeness (QED) is 0.746. The first-order valence-corrected chi connectivity index (χ1v) is 10.3. The van der Waals surface area contributed by atoms with Crippen molar-refractivity contribution in [1.29, 1.82) is 0 Å². The molecule has 2 aromatic rings. The molecule has 0 radical (unpaired) electrons. The third kappa shape index (κ3) is 5.97. The third-order valence-electron chi connectivity index (χ3n) is 4.03. The predicted molar refractivity (Wildman–Crippen MR) is 104 cm³/mol. The molecule has 0 aliphatic carbocycles. The summed E-state index contributed by atoms with van der Waals surface area (Å²) >= 11 is 0. The van der Waals surface area contributed by atoms with Crippen LogP contribution in [0.4, 0.5) is 0 Å². The van der Waals surface area contributed by atoms with Crippen LogP contribution in [-0.4, -0.2) is 21.4 Å². The molecule has 0 aliphatic rings. The Bertz CT molecular complexity index is 844. The van der Waals surface area contributed by atoms with Crippen molar-refractivity contribution in [3.05, 3.63) is 70.8 Å². The van der Waals surface area contributed by atoms with Gasteiger partial charge in [0.15, 0.2) is 0 Å². The van der Waals surface area contributed by atoms with Gasteiger partial charge in [-0.05, 0) is 42.1 Å². The Balaban J connectivity index is 2.00. The number of carbonyl (C=O) groups excluding carboxylic acids is 1. The topological polar surface area (TPSA) is 75.3 Å². The van der Waals surface area contributed by atoms with Crippen LogP contribution in [0.25, 0.3) is 0 Å². The number of nitrogens with one attached hydrogen (secondary N) is 2. The van der Waals surface area contributed by atoms with Crippen LogP contribution in [0.3, 0.4) is 0 Å². The minimum Gasteiger partial charge on any atom is -0.348 e. The van der Waals surface area contributed by atoms with Gasteiger partial charge in [-0.3, -0.25) is 4.79 Å². The summed E-state index contributed by atoms with van der Waals surface area (Å²) in [7, 11) is -1.88. The van der Waals surface area contributed by atoms with E-state index in [1.807, 2.05) is 36.4 Å². The first-order valence-electron chi connectivity index (χ1n) is 8.66. The monoisotopic (exact) mass is 374 g/mol. The number of hydrogen-bond acceptors (Lipinski definition) is 3. The van der Waals surface area contributed by atoms with E-state index in [0.717, 1.165) is 17.5 Å². The number of carbonyl (C=O) groups is 1. The van der Waals surface area contributed by atoms with Crippen molar-refractivity contribution in [3.8, 4) is 0 Å². The number of amides is 1. The van der Waals surface area contributed by atoms with Gasteiger partial charge in [0.05, 0.1) is 5.75 Å². The van der Waals surface area contributed by atoms with E-state index in [2.05, 4.69) is 23.9 Å². The fraction of sp³-hybridized carbons (Fsp3) is 0.350. The number of sulfonamides is 1. The summed E-state index contributed by atoms with van der Waals surface area (Å²) in [5.41, 5.74) is 3.38. The largest absolute Gasteiger partial charge is 0.348 e. The Morgan fingerprint density at radius 2 is 1.62 bits per heavy atom. The molecule has 5 nitrogen and oxygen atoms in total. The maximum atomic E-state index is 12.5. The van der Waals surface area contributed by atoms with Crippen LogP contribution in [0.5, 0.6) is 0 Å². The van der Waals surface area contributed by atoms with E-state index in [0.29, 0.717) is 23.6 Å². The van der Waals surface area contributed by atoms with E-state index in [1.165, 1.54) is 7.05 Å². The Morgan fingerprint density at radius 3 is 2.23 bits per heavy atom. The molecule has 2 N–H and O–H groups in total. The van der Waals surface area contributed by atoms with Crippen molar-refractivity contribution in [3.63, 3.8) is 0 Å². The highest BCUT2D eigenvalue weighted by atomic mass is 32.2. The lowest BCUT2D eigenvalue weighted by Gasteiger charge is -2.12. The molecule has 0 saturated carbocycles. The first-order chi connectivity index (χ1) is 12.3. The van der Waals surface area contributed by atoms with Gasteiger partial charge < -0.3 is 5.32 Å². The fourth-order valence-corrected chi connectivity index (χ4v) is 3.46. The molecule has 0 spiro atoms. The van der Waals surface area contributed by atoms with Crippen LogP contribution in [0.15, 0.2) is 48.5 Å². The molecule has 1 amide bonds. The molecule has 0 bridgehead atoms. The summed E-state index contributed by atoms with van der Waals surface area (Å²) in [6, 6.07) is 14.9. The molecule has 140 valence electrons. The lowest BCUT2D eigenvalue weighted by molar-refractivity contribution is 0.0950. The molecular formula is C20H26N2O3S. The Kier molecular flexibility index (Phi) is 6.94. The lowest BCUT2D eigenvalue weighted by atomic mass is 9.97. The molecule has 0 saturated heterocycles. The van der Waals surface area contributed by atoms with Gasteiger partial charge in [-0.2, -0.15) is 0 Å². The van der Waals surface area contributed by atoms with E-state index in [1.54, 1.807) is 12.1 Å². The summed E-state index contributed by atoms with van der Waals surface area (Å²) in [6.45, 7) is 4.66. The maximum Gasteiger partial charge on any atom is 0.251 e. The standard InChI is InChI=1S/C20H26N2O3S/c1-15(2)12-18-6-4-5-7-19(18)20(23)22-13-16-8-10-17(11-9-16)14-26(24,25)21-3/h4-11,15,21H,12-14H2,1-3H3,(H,22,23). The van der Waals surface area contributed by atoms with E-state index in [4.69, 9.17) is 0 Å². The predicted octanol–water partition coefficient (Wildman–Crippen LogP) is 2.86. The second kappa shape index (κ2) is 8.96. The Labute approximate surface area is 155 Å². The molecule has 2 aromatic carbocycles. The summed E-state index contributed by atoms with van der Waals surface area (Å²) in [6.07, 6.45) is 0.859. The van der Waals surface area contributed by atoms with Crippen molar-refractivity contribution in [1.82, 2.24) is 10.0 Å². The highest BCUT2D eigenvalue weighted by Crippen LogP contribution is 2.14. The fourth-order valence-electron chi connectivity index (χ4n) is 2.68. The van der Waals surface area contributed by atoms with Crippen LogP contribution < -0.4 is 10.0 Å². The van der Waals surface area contributed by atoms with Gasteiger partial charge in [0, 0.05) is 12.1 Å². The van der Waals surface area contributed by atoms with Crippen molar-refractivity contribution >= 4 is 15.9 Å². The van der Waals surface area contributed by atoms with Gasteiger partial charge in [0.2, 0.25) is 10.0 Å². The molecule has 0 heterocycles. The van der Waals surface area contributed by atoms with Crippen LogP contribution in [-0.2, 0) is 28.7 Å². The summed E-state index contributed by atoms with van der Waals surface area (Å²) < 4.78 is 25.4. The lowest BCUT2D eigenvalue weighted by Crippen LogP contribution is -2.24. The summed E-state index contributed by atoms with van der Waals surface area (Å²) in [4.78, 5) is 12.5. The normalized spacial score (nSPS) is 11.5. The molecule has 26 heavy (non-hydrogen) atoms. The van der Waals surface area contributed by atoms with Crippen molar-refractivity contribution in [2.45, 2.75) is 32.6 Å². The molecular weight excluding hydrogens is 348 g/mol. The number of hydrogen-bond donors (Lipinski definition) is 2. The zero-order valence-electron chi connectivity index (χ0n) is 15.5. The van der Waals surface area contributed by atoms with E-state index < -0.39 is 10.0 Å². The number of rotatable bonds is 8. The van der Waals surface area contributed by atoms with Gasteiger partial charge in [0.25, 0.3) is 5.91 Å². The van der Waals surface area contributed by atoms with Crippen LogP contribution in [0.2, 0.25) is 0 Å². The Morgan fingerprint density at radius 1 is 1.00 bits per heavy atom. The van der Waals surface area contributed by atoms with E-state index in [-0.39, 0.29) is 11.7 Å². The van der Waals surface area contributed by atoms with E-state index in [9.17, 15) is 13.2 Å². The SMILES string of the molecule is CNS(=O)(=O)Cc1ccc(CNC(=O)c2ccccc2CC(C)C)cc1. The highest BCUT2D eigenvalue weighted by molar-refractivity contribution is 7.88. The van der Waals surface area contributed by atoms with Crippen molar-refractivity contribution < 1.29 is 13.2 Å². The number of benzene rings is 2.